The monoisotopic (exact) mass is 237 g/mol. The first-order valence-corrected chi connectivity index (χ1v) is 5.58. The van der Waals surface area contributed by atoms with Gasteiger partial charge in [0.05, 0.1) is 24.3 Å². The molecule has 1 fully saturated rings. The topological polar surface area (TPSA) is 79.7 Å². The molecular weight excluding hydrogens is 222 g/mol. The van der Waals surface area contributed by atoms with Gasteiger partial charge < -0.3 is 14.9 Å². The standard InChI is InChI=1S/C12H15NO4/c1-2-17-10-3-9(6-13-7-10)12(16)4-8(5-12)11(14)15/h3,6-8,16H,2,4-5H2,1H3,(H,14,15). The Hall–Kier alpha value is -1.62. The number of pyridine rings is 1. The second-order valence-electron chi connectivity index (χ2n) is 4.32. The number of aliphatic carboxylic acids is 1. The van der Waals surface area contributed by atoms with Crippen molar-refractivity contribution in [2.24, 2.45) is 5.92 Å². The van der Waals surface area contributed by atoms with E-state index >= 15 is 0 Å². The largest absolute Gasteiger partial charge is 0.492 e. The summed E-state index contributed by atoms with van der Waals surface area (Å²) in [6, 6.07) is 1.72. The Labute approximate surface area is 99.1 Å². The Balaban J connectivity index is 2.13. The maximum atomic E-state index is 10.7. The Morgan fingerprint density at radius 2 is 2.29 bits per heavy atom. The minimum absolute atomic E-state index is 0.236. The van der Waals surface area contributed by atoms with Crippen molar-refractivity contribution in [1.82, 2.24) is 4.98 Å². The van der Waals surface area contributed by atoms with E-state index in [1.807, 2.05) is 6.92 Å². The minimum atomic E-state index is -1.07. The number of hydrogen-bond acceptors (Lipinski definition) is 4. The van der Waals surface area contributed by atoms with Crippen LogP contribution in [0.25, 0.3) is 0 Å². The molecule has 1 aromatic rings. The van der Waals surface area contributed by atoms with Gasteiger partial charge in [0, 0.05) is 11.8 Å². The summed E-state index contributed by atoms with van der Waals surface area (Å²) in [5.74, 6) is -0.725. The molecule has 1 aliphatic rings. The molecule has 2 N–H and O–H groups in total. The number of rotatable bonds is 4. The summed E-state index contributed by atoms with van der Waals surface area (Å²) in [6.45, 7) is 2.40. The van der Waals surface area contributed by atoms with E-state index in [9.17, 15) is 9.90 Å². The maximum Gasteiger partial charge on any atom is 0.306 e. The fourth-order valence-corrected chi connectivity index (χ4v) is 2.08. The summed E-state index contributed by atoms with van der Waals surface area (Å²) in [6.07, 6.45) is 3.60. The second kappa shape index (κ2) is 4.33. The van der Waals surface area contributed by atoms with Crippen molar-refractivity contribution in [3.63, 3.8) is 0 Å². The van der Waals surface area contributed by atoms with E-state index in [2.05, 4.69) is 4.98 Å². The van der Waals surface area contributed by atoms with Crippen LogP contribution in [0.3, 0.4) is 0 Å². The number of hydrogen-bond donors (Lipinski definition) is 2. The van der Waals surface area contributed by atoms with E-state index in [1.54, 1.807) is 18.5 Å². The van der Waals surface area contributed by atoms with Crippen LogP contribution in [0.5, 0.6) is 5.75 Å². The number of nitrogens with zero attached hydrogens (tertiary/aromatic N) is 1. The van der Waals surface area contributed by atoms with Crippen molar-refractivity contribution < 1.29 is 19.7 Å². The first-order chi connectivity index (χ1) is 8.05. The van der Waals surface area contributed by atoms with E-state index in [1.165, 1.54) is 0 Å². The molecule has 0 saturated heterocycles. The average Bonchev–Trinajstić information content (AvgIpc) is 2.25. The Morgan fingerprint density at radius 1 is 1.59 bits per heavy atom. The Bertz CT molecular complexity index is 426. The lowest BCUT2D eigenvalue weighted by Crippen LogP contribution is -2.44. The van der Waals surface area contributed by atoms with Gasteiger partial charge in [0.15, 0.2) is 0 Å². The highest BCUT2D eigenvalue weighted by Gasteiger charge is 2.47. The van der Waals surface area contributed by atoms with Crippen molar-refractivity contribution in [3.8, 4) is 5.75 Å². The van der Waals surface area contributed by atoms with Gasteiger partial charge in [0.2, 0.25) is 0 Å². The molecule has 1 saturated carbocycles. The SMILES string of the molecule is CCOc1cncc(C2(O)CC(C(=O)O)C2)c1. The fourth-order valence-electron chi connectivity index (χ4n) is 2.08. The van der Waals surface area contributed by atoms with Gasteiger partial charge in [-0.15, -0.1) is 0 Å². The molecule has 0 spiro atoms. The van der Waals surface area contributed by atoms with Crippen LogP contribution < -0.4 is 4.74 Å². The molecule has 2 rings (SSSR count). The minimum Gasteiger partial charge on any atom is -0.492 e. The van der Waals surface area contributed by atoms with E-state index in [0.717, 1.165) is 0 Å². The van der Waals surface area contributed by atoms with Gasteiger partial charge in [-0.05, 0) is 25.8 Å². The zero-order valence-electron chi connectivity index (χ0n) is 9.59. The number of ether oxygens (including phenoxy) is 1. The number of carbonyl (C=O) groups is 1. The number of aliphatic hydroxyl groups is 1. The molecule has 0 aromatic carbocycles. The van der Waals surface area contributed by atoms with Crippen molar-refractivity contribution in [2.45, 2.75) is 25.4 Å². The summed E-state index contributed by atoms with van der Waals surface area (Å²) in [4.78, 5) is 14.7. The smallest absolute Gasteiger partial charge is 0.306 e. The van der Waals surface area contributed by atoms with Crippen LogP contribution >= 0.6 is 0 Å². The first kappa shape index (κ1) is 11.9. The van der Waals surface area contributed by atoms with Crippen LogP contribution in [0, 0.1) is 5.92 Å². The molecule has 17 heavy (non-hydrogen) atoms. The molecule has 0 unspecified atom stereocenters. The quantitative estimate of drug-likeness (QED) is 0.821. The third-order valence-corrected chi connectivity index (χ3v) is 3.08. The number of carboxylic acids is 1. The molecule has 0 bridgehead atoms. The van der Waals surface area contributed by atoms with Crippen LogP contribution in [0.2, 0.25) is 0 Å². The zero-order valence-corrected chi connectivity index (χ0v) is 9.59. The van der Waals surface area contributed by atoms with Crippen molar-refractivity contribution in [3.05, 3.63) is 24.0 Å². The third kappa shape index (κ3) is 2.24. The fraction of sp³-hybridized carbons (Fsp3) is 0.500. The lowest BCUT2D eigenvalue weighted by atomic mass is 9.68. The molecule has 1 aromatic heterocycles. The second-order valence-corrected chi connectivity index (χ2v) is 4.32. The van der Waals surface area contributed by atoms with Gasteiger partial charge in [-0.3, -0.25) is 9.78 Å². The molecule has 0 atom stereocenters. The number of carboxylic acid groups (broad SMARTS) is 1. The zero-order chi connectivity index (χ0) is 12.5. The number of aromatic nitrogens is 1. The van der Waals surface area contributed by atoms with E-state index in [4.69, 9.17) is 9.84 Å². The lowest BCUT2D eigenvalue weighted by molar-refractivity contribution is -0.159. The third-order valence-electron chi connectivity index (χ3n) is 3.08. The molecule has 92 valence electrons. The van der Waals surface area contributed by atoms with Crippen molar-refractivity contribution >= 4 is 5.97 Å². The molecule has 1 aliphatic carbocycles. The normalized spacial score (nSPS) is 27.3. The lowest BCUT2D eigenvalue weighted by Gasteiger charge is -2.41. The first-order valence-electron chi connectivity index (χ1n) is 5.58. The Morgan fingerprint density at radius 3 is 2.88 bits per heavy atom. The van der Waals surface area contributed by atoms with E-state index in [0.29, 0.717) is 17.9 Å². The highest BCUT2D eigenvalue weighted by atomic mass is 16.5. The molecular formula is C12H15NO4. The van der Waals surface area contributed by atoms with Gasteiger partial charge in [0.1, 0.15) is 5.75 Å². The summed E-state index contributed by atoms with van der Waals surface area (Å²) in [5, 5.41) is 19.0. The highest BCUT2D eigenvalue weighted by Crippen LogP contribution is 2.45. The highest BCUT2D eigenvalue weighted by molar-refractivity contribution is 5.71. The van der Waals surface area contributed by atoms with Crippen LogP contribution in [-0.4, -0.2) is 27.8 Å². The van der Waals surface area contributed by atoms with Gasteiger partial charge >= 0.3 is 5.97 Å². The summed E-state index contributed by atoms with van der Waals surface area (Å²) in [7, 11) is 0. The van der Waals surface area contributed by atoms with Crippen molar-refractivity contribution in [2.75, 3.05) is 6.61 Å². The van der Waals surface area contributed by atoms with Crippen LogP contribution in [0.1, 0.15) is 25.3 Å². The van der Waals surface area contributed by atoms with Gasteiger partial charge in [-0.1, -0.05) is 0 Å². The molecule has 0 aliphatic heterocycles. The summed E-state index contributed by atoms with van der Waals surface area (Å²) < 4.78 is 5.29. The predicted octanol–water partition coefficient (Wildman–Crippen LogP) is 1.16. The van der Waals surface area contributed by atoms with Gasteiger partial charge in [-0.2, -0.15) is 0 Å². The summed E-state index contributed by atoms with van der Waals surface area (Å²) >= 11 is 0. The molecule has 5 heteroatoms. The van der Waals surface area contributed by atoms with Gasteiger partial charge in [0.25, 0.3) is 0 Å². The van der Waals surface area contributed by atoms with Crippen molar-refractivity contribution in [1.29, 1.82) is 0 Å². The maximum absolute atomic E-state index is 10.7. The van der Waals surface area contributed by atoms with Crippen LogP contribution in [0.4, 0.5) is 0 Å². The summed E-state index contributed by atoms with van der Waals surface area (Å²) in [5.41, 5.74) is -0.440. The van der Waals surface area contributed by atoms with Crippen LogP contribution in [0.15, 0.2) is 18.5 Å². The molecule has 0 radical (unpaired) electrons. The predicted molar refractivity (Wildman–Crippen MR) is 59.7 cm³/mol. The Kier molecular flexibility index (Phi) is 3.02. The molecule has 5 nitrogen and oxygen atoms in total. The molecule has 0 amide bonds. The van der Waals surface area contributed by atoms with E-state index in [-0.39, 0.29) is 12.8 Å². The average molecular weight is 237 g/mol. The van der Waals surface area contributed by atoms with Crippen LogP contribution in [-0.2, 0) is 10.4 Å². The van der Waals surface area contributed by atoms with Gasteiger partial charge in [-0.25, -0.2) is 0 Å². The molecule has 1 heterocycles. The van der Waals surface area contributed by atoms with E-state index < -0.39 is 17.5 Å².